The molecule has 1 aliphatic heterocycles. The van der Waals surface area contributed by atoms with Crippen molar-refractivity contribution in [1.82, 2.24) is 21.0 Å². The van der Waals surface area contributed by atoms with Crippen LogP contribution in [-0.2, 0) is 4.79 Å². The van der Waals surface area contributed by atoms with E-state index in [2.05, 4.69) is 59.5 Å². The second-order valence-electron chi connectivity index (χ2n) is 11.7. The molecule has 0 radical (unpaired) electrons. The molecule has 2 aromatic carbocycles. The highest BCUT2D eigenvalue weighted by Gasteiger charge is 2.54. The maximum absolute atomic E-state index is 12.2. The Kier molecular flexibility index (Phi) is 7.16. The fourth-order valence-electron chi connectivity index (χ4n) is 4.98. The van der Waals surface area contributed by atoms with Crippen LogP contribution in [0.4, 0.5) is 11.4 Å². The first-order chi connectivity index (χ1) is 19.5. The van der Waals surface area contributed by atoms with Gasteiger partial charge in [0, 0.05) is 30.0 Å². The van der Waals surface area contributed by atoms with Crippen molar-refractivity contribution in [2.75, 3.05) is 17.2 Å². The normalized spacial score (nSPS) is 16.3. The van der Waals surface area contributed by atoms with Gasteiger partial charge in [-0.1, -0.05) is 44.5 Å². The highest BCUT2D eigenvalue weighted by atomic mass is 35.5. The SMILES string of the molecule is Cc1c(C#N)cccc1[C@H](Nc1cc(Cl)c2ncc(C#N)c(NCC(C)(C)C)c2c1)C1=CN(C2(C(N)=O)CC2)NN1. The fraction of sp³-hybridized carbons (Fsp3) is 0.333. The van der Waals surface area contributed by atoms with Gasteiger partial charge in [-0.05, 0) is 54.5 Å². The zero-order valence-electron chi connectivity index (χ0n) is 23.4. The molecule has 5 rings (SSSR count). The largest absolute Gasteiger partial charge is 0.383 e. The van der Waals surface area contributed by atoms with Crippen molar-refractivity contribution in [2.24, 2.45) is 11.1 Å². The minimum absolute atomic E-state index is 0.0281. The first-order valence-corrected chi connectivity index (χ1v) is 13.7. The van der Waals surface area contributed by atoms with Crippen LogP contribution >= 0.6 is 11.6 Å². The minimum Gasteiger partial charge on any atom is -0.383 e. The molecule has 1 atom stereocenters. The van der Waals surface area contributed by atoms with Crippen LogP contribution in [0.3, 0.4) is 0 Å². The lowest BCUT2D eigenvalue weighted by Crippen LogP contribution is -2.51. The smallest absolute Gasteiger partial charge is 0.244 e. The van der Waals surface area contributed by atoms with E-state index in [4.69, 9.17) is 17.3 Å². The zero-order valence-corrected chi connectivity index (χ0v) is 24.1. The minimum atomic E-state index is -0.776. The standard InChI is InChI=1S/C30H32ClN9O/c1-17-18(12-32)6-5-7-21(17)27(24-15-40(39-38-24)30(8-9-30)28(34)41)37-20-10-22-25(36-16-29(2,3)4)19(13-33)14-35-26(22)23(31)11-20/h5-7,10-11,14-15,27,37-39H,8-9,16H2,1-4H3,(H2,34,41)(H,35,36)/t27-/m0/s1. The predicted molar refractivity (Wildman–Crippen MR) is 159 cm³/mol. The van der Waals surface area contributed by atoms with Crippen LogP contribution in [0, 0.1) is 35.0 Å². The molecule has 3 aromatic rings. The summed E-state index contributed by atoms with van der Waals surface area (Å²) in [5, 5.41) is 29.4. The number of nitrogens with one attached hydrogen (secondary N) is 4. The van der Waals surface area contributed by atoms with Crippen molar-refractivity contribution < 1.29 is 4.79 Å². The molecular formula is C30H32ClN9O. The summed E-state index contributed by atoms with van der Waals surface area (Å²) in [6.07, 6.45) is 4.68. The number of rotatable bonds is 8. The van der Waals surface area contributed by atoms with Crippen molar-refractivity contribution in [3.05, 3.63) is 75.7 Å². The summed E-state index contributed by atoms with van der Waals surface area (Å²) in [4.78, 5) is 16.7. The Morgan fingerprint density at radius 2 is 1.98 bits per heavy atom. The van der Waals surface area contributed by atoms with E-state index in [1.807, 2.05) is 31.3 Å². The van der Waals surface area contributed by atoms with Crippen LogP contribution in [0.25, 0.3) is 10.9 Å². The maximum atomic E-state index is 12.2. The lowest BCUT2D eigenvalue weighted by molar-refractivity contribution is -0.124. The molecule has 11 heteroatoms. The molecule has 41 heavy (non-hydrogen) atoms. The number of amides is 1. The monoisotopic (exact) mass is 569 g/mol. The third-order valence-electron chi connectivity index (χ3n) is 7.50. The second-order valence-corrected chi connectivity index (χ2v) is 12.1. The highest BCUT2D eigenvalue weighted by Crippen LogP contribution is 2.43. The lowest BCUT2D eigenvalue weighted by atomic mass is 9.95. The number of hydrogen-bond acceptors (Lipinski definition) is 9. The Morgan fingerprint density at radius 3 is 2.61 bits per heavy atom. The third kappa shape index (κ3) is 5.32. The van der Waals surface area contributed by atoms with Crippen molar-refractivity contribution in [3.63, 3.8) is 0 Å². The number of halogens is 1. The van der Waals surface area contributed by atoms with Gasteiger partial charge in [0.05, 0.1) is 45.2 Å². The van der Waals surface area contributed by atoms with Gasteiger partial charge in [0.25, 0.3) is 0 Å². The number of benzene rings is 2. The molecule has 2 aliphatic rings. The molecule has 1 fully saturated rings. The van der Waals surface area contributed by atoms with Crippen LogP contribution in [-0.4, -0.2) is 28.0 Å². The summed E-state index contributed by atoms with van der Waals surface area (Å²) < 4.78 is 0. The Hall–Kier alpha value is -4.51. The van der Waals surface area contributed by atoms with E-state index in [-0.39, 0.29) is 5.41 Å². The number of hydrazine groups is 2. The summed E-state index contributed by atoms with van der Waals surface area (Å²) in [5.74, 6) is -0.395. The second kappa shape index (κ2) is 10.5. The Morgan fingerprint density at radius 1 is 1.24 bits per heavy atom. The molecule has 210 valence electrons. The van der Waals surface area contributed by atoms with Gasteiger partial charge in [0.1, 0.15) is 11.6 Å². The number of anilines is 2. The number of nitrogens with zero attached hydrogens (tertiary/aromatic N) is 4. The molecule has 1 saturated carbocycles. The number of pyridine rings is 1. The van der Waals surface area contributed by atoms with Gasteiger partial charge in [0.15, 0.2) is 0 Å². The third-order valence-corrected chi connectivity index (χ3v) is 7.79. The van der Waals surface area contributed by atoms with E-state index in [1.165, 1.54) is 6.20 Å². The number of nitriles is 2. The van der Waals surface area contributed by atoms with Crippen LogP contribution in [0.1, 0.15) is 61.9 Å². The Bertz CT molecular complexity index is 1660. The predicted octanol–water partition coefficient (Wildman–Crippen LogP) is 4.74. The number of carbonyl (C=O) groups is 1. The first kappa shape index (κ1) is 28.0. The maximum Gasteiger partial charge on any atom is 0.244 e. The highest BCUT2D eigenvalue weighted by molar-refractivity contribution is 6.35. The van der Waals surface area contributed by atoms with E-state index in [0.717, 1.165) is 16.8 Å². The van der Waals surface area contributed by atoms with E-state index in [0.29, 0.717) is 57.8 Å². The van der Waals surface area contributed by atoms with Crippen LogP contribution in [0.5, 0.6) is 0 Å². The molecule has 0 bridgehead atoms. The molecule has 0 spiro atoms. The summed E-state index contributed by atoms with van der Waals surface area (Å²) >= 11 is 6.76. The Balaban J connectivity index is 1.61. The number of aromatic nitrogens is 1. The number of primary amides is 1. The van der Waals surface area contributed by atoms with Gasteiger partial charge in [-0.2, -0.15) is 10.5 Å². The number of carbonyl (C=O) groups excluding carboxylic acids is 1. The molecule has 2 heterocycles. The van der Waals surface area contributed by atoms with E-state index >= 15 is 0 Å². The molecule has 1 aromatic heterocycles. The number of fused-ring (bicyclic) bond motifs is 1. The summed E-state index contributed by atoms with van der Waals surface area (Å²) in [5.41, 5.74) is 16.5. The number of hydrogen-bond donors (Lipinski definition) is 5. The average Bonchev–Trinajstić information content (AvgIpc) is 3.60. The fourth-order valence-corrected chi connectivity index (χ4v) is 5.25. The number of nitrogens with two attached hydrogens (primary N) is 1. The first-order valence-electron chi connectivity index (χ1n) is 13.3. The van der Waals surface area contributed by atoms with Gasteiger partial charge in [-0.15, -0.1) is 5.53 Å². The summed E-state index contributed by atoms with van der Waals surface area (Å²) in [7, 11) is 0. The Labute approximate surface area is 244 Å². The van der Waals surface area contributed by atoms with E-state index < -0.39 is 17.5 Å². The van der Waals surface area contributed by atoms with Gasteiger partial charge in [0.2, 0.25) is 5.91 Å². The molecule has 0 saturated heterocycles. The molecular weight excluding hydrogens is 538 g/mol. The lowest BCUT2D eigenvalue weighted by Gasteiger charge is -2.25. The average molecular weight is 570 g/mol. The summed E-state index contributed by atoms with van der Waals surface area (Å²) in [6, 6.07) is 13.3. The van der Waals surface area contributed by atoms with Gasteiger partial charge < -0.3 is 21.8 Å². The summed E-state index contributed by atoms with van der Waals surface area (Å²) in [6.45, 7) is 8.88. The van der Waals surface area contributed by atoms with Gasteiger partial charge in [-0.25, -0.2) is 0 Å². The van der Waals surface area contributed by atoms with E-state index in [9.17, 15) is 15.3 Å². The van der Waals surface area contributed by atoms with Crippen molar-refractivity contribution in [1.29, 1.82) is 10.5 Å². The molecule has 0 unspecified atom stereocenters. The van der Waals surface area contributed by atoms with Crippen LogP contribution < -0.4 is 27.3 Å². The quantitative estimate of drug-likeness (QED) is 0.259. The molecule has 1 aliphatic carbocycles. The van der Waals surface area contributed by atoms with Gasteiger partial charge >= 0.3 is 0 Å². The van der Waals surface area contributed by atoms with Crippen LogP contribution in [0.2, 0.25) is 5.02 Å². The van der Waals surface area contributed by atoms with Crippen molar-refractivity contribution >= 4 is 39.8 Å². The molecule has 6 N–H and O–H groups in total. The van der Waals surface area contributed by atoms with Crippen LogP contribution in [0.15, 0.2) is 48.4 Å². The zero-order chi connectivity index (χ0) is 29.5. The molecule has 1 amide bonds. The topological polar surface area (TPSA) is 155 Å². The van der Waals surface area contributed by atoms with Gasteiger partial charge in [-0.3, -0.25) is 14.8 Å². The van der Waals surface area contributed by atoms with Crippen molar-refractivity contribution in [2.45, 2.75) is 52.1 Å². The van der Waals surface area contributed by atoms with Crippen molar-refractivity contribution in [3.8, 4) is 12.1 Å². The van der Waals surface area contributed by atoms with E-state index in [1.54, 1.807) is 17.1 Å². The molecule has 10 nitrogen and oxygen atoms in total.